The second-order valence-electron chi connectivity index (χ2n) is 13.4. The molecule has 9 nitrogen and oxygen atoms in total. The molecule has 1 saturated heterocycles. The second kappa shape index (κ2) is 18.5. The lowest BCUT2D eigenvalue weighted by Crippen LogP contribution is -2.46. The van der Waals surface area contributed by atoms with Crippen molar-refractivity contribution < 1.29 is 23.8 Å². The monoisotopic (exact) mass is 716 g/mol. The maximum Gasteiger partial charge on any atom is 0.305 e. The average molecular weight is 717 g/mol. The van der Waals surface area contributed by atoms with Gasteiger partial charge in [0.2, 0.25) is 0 Å². The van der Waals surface area contributed by atoms with Gasteiger partial charge in [0.15, 0.2) is 5.78 Å². The molecule has 5 aromatic rings. The van der Waals surface area contributed by atoms with Crippen molar-refractivity contribution in [2.75, 3.05) is 63.3 Å². The van der Waals surface area contributed by atoms with Gasteiger partial charge < -0.3 is 29.0 Å². The van der Waals surface area contributed by atoms with Crippen LogP contribution < -0.4 is 19.7 Å². The van der Waals surface area contributed by atoms with Crippen molar-refractivity contribution in [2.45, 2.75) is 52.6 Å². The fraction of sp³-hybridized carbons (Fsp3) is 0.364. The zero-order chi connectivity index (χ0) is 37.0. The second-order valence-corrected chi connectivity index (χ2v) is 13.4. The van der Waals surface area contributed by atoms with E-state index in [1.54, 1.807) is 7.11 Å². The molecule has 6 rings (SSSR count). The summed E-state index contributed by atoms with van der Waals surface area (Å²) in [5.74, 6) is 1.31. The Kier molecular flexibility index (Phi) is 13.1. The first-order chi connectivity index (χ1) is 26.0. The Bertz CT molecular complexity index is 1960. The van der Waals surface area contributed by atoms with E-state index >= 15 is 0 Å². The first-order valence-electron chi connectivity index (χ1n) is 18.9. The maximum atomic E-state index is 14.2. The van der Waals surface area contributed by atoms with E-state index in [-0.39, 0.29) is 11.8 Å². The van der Waals surface area contributed by atoms with Crippen LogP contribution in [-0.4, -0.2) is 74.3 Å². The van der Waals surface area contributed by atoms with Gasteiger partial charge in [-0.2, -0.15) is 0 Å². The van der Waals surface area contributed by atoms with Gasteiger partial charge in [-0.15, -0.1) is 0 Å². The van der Waals surface area contributed by atoms with E-state index in [4.69, 9.17) is 14.2 Å². The number of fused-ring (bicyclic) bond motifs is 1. The standard InChI is InChI=1S/C44H52N4O5/c1-4-33-17-19-34(20-18-33)31-45-38-22-21-35(44(50)37-32-48(24-10-16-43(49)52-5-2)39-13-7-6-12-36(37)39)30-42(38)53-29-11-23-46-25-27-47(28-26-46)40-14-8-9-15-41(40)51-3/h6-9,12-15,17-22,30,32,45H,4-5,10-11,16,23-29,31H2,1-3H3. The number of hydrogen-bond acceptors (Lipinski definition) is 8. The highest BCUT2D eigenvalue weighted by Crippen LogP contribution is 2.31. The largest absolute Gasteiger partial charge is 0.495 e. The molecular formula is C44H52N4O5. The minimum Gasteiger partial charge on any atom is -0.495 e. The van der Waals surface area contributed by atoms with Crippen LogP contribution in [0.25, 0.3) is 10.9 Å². The molecule has 1 aliphatic heterocycles. The van der Waals surface area contributed by atoms with Crippen molar-refractivity contribution in [2.24, 2.45) is 0 Å². The predicted molar refractivity (Wildman–Crippen MR) is 213 cm³/mol. The van der Waals surface area contributed by atoms with Crippen molar-refractivity contribution in [1.82, 2.24) is 9.47 Å². The molecule has 0 amide bonds. The third-order valence-corrected chi connectivity index (χ3v) is 9.95. The summed E-state index contributed by atoms with van der Waals surface area (Å²) in [7, 11) is 1.72. The van der Waals surface area contributed by atoms with Crippen LogP contribution in [0.4, 0.5) is 11.4 Å². The molecule has 0 saturated carbocycles. The number of nitrogens with zero attached hydrogens (tertiary/aromatic N) is 3. The molecule has 53 heavy (non-hydrogen) atoms. The summed E-state index contributed by atoms with van der Waals surface area (Å²) in [6, 6.07) is 30.5. The summed E-state index contributed by atoms with van der Waals surface area (Å²) < 4.78 is 19.2. The Morgan fingerprint density at radius 2 is 1.55 bits per heavy atom. The lowest BCUT2D eigenvalue weighted by Gasteiger charge is -2.36. The van der Waals surface area contributed by atoms with Crippen molar-refractivity contribution in [3.05, 3.63) is 119 Å². The molecule has 0 spiro atoms. The fourth-order valence-electron chi connectivity index (χ4n) is 6.99. The summed E-state index contributed by atoms with van der Waals surface area (Å²) in [6.45, 7) is 10.9. The van der Waals surface area contributed by atoms with Gasteiger partial charge in [-0.3, -0.25) is 14.5 Å². The number of piperazine rings is 1. The number of para-hydroxylation sites is 3. The van der Waals surface area contributed by atoms with Crippen molar-refractivity contribution in [3.8, 4) is 11.5 Å². The molecule has 0 atom stereocenters. The predicted octanol–water partition coefficient (Wildman–Crippen LogP) is 7.99. The van der Waals surface area contributed by atoms with Gasteiger partial charge in [-0.05, 0) is 73.7 Å². The van der Waals surface area contributed by atoms with E-state index in [2.05, 4.69) is 63.0 Å². The van der Waals surface area contributed by atoms with Crippen LogP contribution in [0.5, 0.6) is 11.5 Å². The van der Waals surface area contributed by atoms with E-state index in [0.717, 1.165) is 73.6 Å². The number of methoxy groups -OCH3 is 1. The molecule has 2 heterocycles. The topological polar surface area (TPSA) is 85.3 Å². The van der Waals surface area contributed by atoms with E-state index in [9.17, 15) is 9.59 Å². The number of rotatable bonds is 18. The molecule has 0 radical (unpaired) electrons. The van der Waals surface area contributed by atoms with Crippen LogP contribution >= 0.6 is 0 Å². The summed E-state index contributed by atoms with van der Waals surface area (Å²) in [5, 5.41) is 4.45. The van der Waals surface area contributed by atoms with Crippen molar-refractivity contribution >= 4 is 34.0 Å². The molecule has 1 aliphatic rings. The third kappa shape index (κ3) is 9.59. The lowest BCUT2D eigenvalue weighted by atomic mass is 10.0. The highest BCUT2D eigenvalue weighted by atomic mass is 16.5. The molecule has 278 valence electrons. The molecule has 0 unspecified atom stereocenters. The minimum absolute atomic E-state index is 0.0650. The number of anilines is 2. The number of benzene rings is 4. The Morgan fingerprint density at radius 1 is 0.792 bits per heavy atom. The van der Waals surface area contributed by atoms with Gasteiger partial charge >= 0.3 is 5.97 Å². The Hall–Kier alpha value is -5.28. The Labute approximate surface area is 313 Å². The van der Waals surface area contributed by atoms with E-state index in [1.165, 1.54) is 11.1 Å². The highest BCUT2D eigenvalue weighted by molar-refractivity contribution is 6.16. The van der Waals surface area contributed by atoms with E-state index in [0.29, 0.717) is 56.0 Å². The van der Waals surface area contributed by atoms with E-state index in [1.807, 2.05) is 67.7 Å². The van der Waals surface area contributed by atoms with Crippen LogP contribution in [0.2, 0.25) is 0 Å². The summed E-state index contributed by atoms with van der Waals surface area (Å²) in [4.78, 5) is 31.0. The summed E-state index contributed by atoms with van der Waals surface area (Å²) in [5.41, 5.74) is 6.65. The number of carbonyl (C=O) groups is 2. The molecule has 0 bridgehead atoms. The maximum absolute atomic E-state index is 14.2. The zero-order valence-corrected chi connectivity index (χ0v) is 31.3. The molecule has 4 aromatic carbocycles. The highest BCUT2D eigenvalue weighted by Gasteiger charge is 2.21. The molecule has 1 N–H and O–H groups in total. The normalized spacial score (nSPS) is 13.2. The molecule has 1 aromatic heterocycles. The van der Waals surface area contributed by atoms with Crippen LogP contribution in [0.3, 0.4) is 0 Å². The number of ether oxygens (including phenoxy) is 3. The summed E-state index contributed by atoms with van der Waals surface area (Å²) >= 11 is 0. The Balaban J connectivity index is 1.13. The number of nitrogens with one attached hydrogen (secondary N) is 1. The molecule has 9 heteroatoms. The summed E-state index contributed by atoms with van der Waals surface area (Å²) in [6.07, 6.45) is 4.75. The van der Waals surface area contributed by atoms with Crippen LogP contribution in [0.1, 0.15) is 60.2 Å². The molecular weight excluding hydrogens is 665 g/mol. The van der Waals surface area contributed by atoms with E-state index < -0.39 is 0 Å². The first-order valence-corrected chi connectivity index (χ1v) is 18.9. The van der Waals surface area contributed by atoms with Crippen LogP contribution in [-0.2, 0) is 29.0 Å². The SMILES string of the molecule is CCOC(=O)CCCn1cc(C(=O)c2ccc(NCc3ccc(CC)cc3)c(OCCCN3CCN(c4ccccc4OC)CC3)c2)c2ccccc21. The van der Waals surface area contributed by atoms with Gasteiger partial charge in [0.1, 0.15) is 11.5 Å². The number of aryl methyl sites for hydroxylation is 2. The number of ketones is 1. The Morgan fingerprint density at radius 3 is 2.32 bits per heavy atom. The van der Waals surface area contributed by atoms with Crippen molar-refractivity contribution in [3.63, 3.8) is 0 Å². The number of carbonyl (C=O) groups excluding carboxylic acids is 2. The van der Waals surface area contributed by atoms with Crippen LogP contribution in [0, 0.1) is 0 Å². The zero-order valence-electron chi connectivity index (χ0n) is 31.3. The fourth-order valence-corrected chi connectivity index (χ4v) is 6.99. The smallest absolute Gasteiger partial charge is 0.305 e. The minimum atomic E-state index is -0.203. The van der Waals surface area contributed by atoms with Crippen LogP contribution in [0.15, 0.2) is 97.2 Å². The number of esters is 1. The number of hydrogen-bond donors (Lipinski definition) is 1. The molecule has 0 aliphatic carbocycles. The van der Waals surface area contributed by atoms with Crippen molar-refractivity contribution in [1.29, 1.82) is 0 Å². The lowest BCUT2D eigenvalue weighted by molar-refractivity contribution is -0.143. The average Bonchev–Trinajstić information content (AvgIpc) is 3.57. The van der Waals surface area contributed by atoms with Gasteiger partial charge in [-0.25, -0.2) is 0 Å². The van der Waals surface area contributed by atoms with Gasteiger partial charge in [0.25, 0.3) is 0 Å². The number of aromatic nitrogens is 1. The van der Waals surface area contributed by atoms with Gasteiger partial charge in [0.05, 0.1) is 31.7 Å². The van der Waals surface area contributed by atoms with Gasteiger partial charge in [0, 0.05) is 80.5 Å². The quantitative estimate of drug-likeness (QED) is 0.0555. The first kappa shape index (κ1) is 37.5. The third-order valence-electron chi connectivity index (χ3n) is 9.95. The molecule has 1 fully saturated rings. The van der Waals surface area contributed by atoms with Gasteiger partial charge in [-0.1, -0.05) is 61.5 Å².